The third kappa shape index (κ3) is 3.80. The minimum atomic E-state index is -0.363. The van der Waals surface area contributed by atoms with E-state index in [0.717, 1.165) is 16.9 Å². The highest BCUT2D eigenvalue weighted by molar-refractivity contribution is 8.03. The Hall–Kier alpha value is -3.45. The highest BCUT2D eigenvalue weighted by Gasteiger charge is 2.41. The van der Waals surface area contributed by atoms with E-state index in [2.05, 4.69) is 0 Å². The molecule has 2 heterocycles. The highest BCUT2D eigenvalue weighted by atomic mass is 32.2. The number of hydrogen-bond donors (Lipinski definition) is 0. The van der Waals surface area contributed by atoms with Crippen LogP contribution in [0.5, 0.6) is 11.5 Å². The number of imide groups is 1. The lowest BCUT2D eigenvalue weighted by Crippen LogP contribution is -2.32. The number of amides is 2. The van der Waals surface area contributed by atoms with E-state index in [1.165, 1.54) is 23.8 Å². The molecular formula is C25H23NO5S. The van der Waals surface area contributed by atoms with E-state index in [1.807, 2.05) is 32.0 Å². The van der Waals surface area contributed by atoms with Gasteiger partial charge in [0, 0.05) is 0 Å². The van der Waals surface area contributed by atoms with Crippen molar-refractivity contribution in [1.82, 2.24) is 0 Å². The van der Waals surface area contributed by atoms with Gasteiger partial charge in [-0.2, -0.15) is 0 Å². The van der Waals surface area contributed by atoms with Gasteiger partial charge in [0.15, 0.2) is 11.5 Å². The molecular weight excluding hydrogens is 426 g/mol. The highest BCUT2D eigenvalue weighted by Crippen LogP contribution is 2.42. The number of hydrogen-bond acceptors (Lipinski definition) is 6. The lowest BCUT2D eigenvalue weighted by atomic mass is 10.0. The molecule has 0 unspecified atom stereocenters. The van der Waals surface area contributed by atoms with Gasteiger partial charge in [-0.1, -0.05) is 18.2 Å². The summed E-state index contributed by atoms with van der Waals surface area (Å²) in [7, 11) is 3.08. The maximum Gasteiger partial charge on any atom is 0.272 e. The molecule has 0 bridgehead atoms. The molecule has 0 radical (unpaired) electrons. The molecule has 1 aromatic heterocycles. The van der Waals surface area contributed by atoms with E-state index in [4.69, 9.17) is 13.9 Å². The molecule has 1 aliphatic rings. The second kappa shape index (κ2) is 8.96. The van der Waals surface area contributed by atoms with E-state index >= 15 is 0 Å². The van der Waals surface area contributed by atoms with E-state index < -0.39 is 0 Å². The number of anilines is 1. The van der Waals surface area contributed by atoms with Crippen LogP contribution in [0.25, 0.3) is 5.57 Å². The van der Waals surface area contributed by atoms with Gasteiger partial charge in [-0.05, 0) is 60.9 Å². The number of carbonyl (C=O) groups is 2. The number of benzene rings is 2. The molecule has 7 heteroatoms. The molecule has 0 atom stereocenters. The number of methoxy groups -OCH3 is 2. The smallest absolute Gasteiger partial charge is 0.272 e. The van der Waals surface area contributed by atoms with Gasteiger partial charge in [-0.25, -0.2) is 4.90 Å². The van der Waals surface area contributed by atoms with Crippen LogP contribution in [0.1, 0.15) is 22.5 Å². The Kier molecular flexibility index (Phi) is 6.10. The van der Waals surface area contributed by atoms with E-state index in [0.29, 0.717) is 39.0 Å². The zero-order valence-corrected chi connectivity index (χ0v) is 19.1. The topological polar surface area (TPSA) is 69.0 Å². The number of carbonyl (C=O) groups excluding carboxylic acids is 2. The summed E-state index contributed by atoms with van der Waals surface area (Å²) in [5, 5.41) is 0. The zero-order valence-electron chi connectivity index (χ0n) is 18.3. The number of aryl methyl sites for hydroxylation is 1. The summed E-state index contributed by atoms with van der Waals surface area (Å²) in [6.45, 7) is 3.87. The average molecular weight is 450 g/mol. The van der Waals surface area contributed by atoms with Gasteiger partial charge in [-0.3, -0.25) is 9.59 Å². The van der Waals surface area contributed by atoms with Crippen LogP contribution in [0.3, 0.4) is 0 Å². The Bertz CT molecular complexity index is 1210. The normalized spacial score (nSPS) is 13.8. The van der Waals surface area contributed by atoms with E-state index in [1.54, 1.807) is 43.7 Å². The SMILES string of the molecule is COc1ccc(C2=C(SCc3ccco3)C(=O)N(c3cccc(C)c3C)C2=O)cc1OC. The summed E-state index contributed by atoms with van der Waals surface area (Å²) in [6.07, 6.45) is 1.59. The predicted molar refractivity (Wildman–Crippen MR) is 125 cm³/mol. The number of rotatable bonds is 7. The van der Waals surface area contributed by atoms with Crippen molar-refractivity contribution in [3.8, 4) is 11.5 Å². The summed E-state index contributed by atoms with van der Waals surface area (Å²) in [4.78, 5) is 28.8. The number of furan rings is 1. The number of nitrogens with zero attached hydrogens (tertiary/aromatic N) is 1. The van der Waals surface area contributed by atoms with Gasteiger partial charge >= 0.3 is 0 Å². The molecule has 0 spiro atoms. The first-order valence-corrected chi connectivity index (χ1v) is 11.0. The Labute approximate surface area is 190 Å². The van der Waals surface area contributed by atoms with Crippen LogP contribution in [0.4, 0.5) is 5.69 Å². The lowest BCUT2D eigenvalue weighted by molar-refractivity contribution is -0.119. The van der Waals surface area contributed by atoms with E-state index in [-0.39, 0.29) is 11.8 Å². The number of thioether (sulfide) groups is 1. The van der Waals surface area contributed by atoms with Gasteiger partial charge in [0.05, 0.1) is 42.4 Å². The van der Waals surface area contributed by atoms with Crippen molar-refractivity contribution in [3.63, 3.8) is 0 Å². The van der Waals surface area contributed by atoms with Crippen LogP contribution in [-0.2, 0) is 15.3 Å². The summed E-state index contributed by atoms with van der Waals surface area (Å²) in [5.41, 5.74) is 3.42. The molecule has 0 aliphatic carbocycles. The third-order valence-corrected chi connectivity index (χ3v) is 6.57. The van der Waals surface area contributed by atoms with Crippen LogP contribution in [0.2, 0.25) is 0 Å². The molecule has 0 fully saturated rings. The van der Waals surface area contributed by atoms with Crippen molar-refractivity contribution in [3.05, 3.63) is 82.1 Å². The zero-order chi connectivity index (χ0) is 22.8. The fourth-order valence-electron chi connectivity index (χ4n) is 3.62. The van der Waals surface area contributed by atoms with Crippen molar-refractivity contribution in [2.24, 2.45) is 0 Å². The van der Waals surface area contributed by atoms with Crippen LogP contribution in [-0.4, -0.2) is 26.0 Å². The average Bonchev–Trinajstić information content (AvgIpc) is 3.40. The van der Waals surface area contributed by atoms with Gasteiger partial charge in [0.2, 0.25) is 0 Å². The molecule has 0 saturated heterocycles. The second-order valence-corrected chi connectivity index (χ2v) is 8.29. The number of ether oxygens (including phenoxy) is 2. The van der Waals surface area contributed by atoms with Crippen molar-refractivity contribution < 1.29 is 23.5 Å². The summed E-state index contributed by atoms with van der Waals surface area (Å²) >= 11 is 1.29. The second-order valence-electron chi connectivity index (χ2n) is 7.31. The lowest BCUT2D eigenvalue weighted by Gasteiger charge is -2.19. The minimum absolute atomic E-state index is 0.341. The molecule has 0 saturated carbocycles. The quantitative estimate of drug-likeness (QED) is 0.466. The fraction of sp³-hybridized carbons (Fsp3) is 0.200. The Morgan fingerprint density at radius 2 is 1.72 bits per heavy atom. The van der Waals surface area contributed by atoms with Crippen LogP contribution in [0, 0.1) is 13.8 Å². The Balaban J connectivity index is 1.82. The predicted octanol–water partition coefficient (Wildman–Crippen LogP) is 5.13. The Morgan fingerprint density at radius 1 is 0.938 bits per heavy atom. The first-order valence-electron chi connectivity index (χ1n) is 10.0. The fourth-order valence-corrected chi connectivity index (χ4v) is 4.64. The van der Waals surface area contributed by atoms with Crippen molar-refractivity contribution in [2.75, 3.05) is 19.1 Å². The monoisotopic (exact) mass is 449 g/mol. The largest absolute Gasteiger partial charge is 0.493 e. The van der Waals surface area contributed by atoms with Crippen LogP contribution in [0.15, 0.2) is 64.1 Å². The first kappa shape index (κ1) is 21.8. The summed E-state index contributed by atoms with van der Waals surface area (Å²) in [5.74, 6) is 1.48. The van der Waals surface area contributed by atoms with Gasteiger partial charge in [-0.15, -0.1) is 11.8 Å². The minimum Gasteiger partial charge on any atom is -0.493 e. The Morgan fingerprint density at radius 3 is 2.41 bits per heavy atom. The first-order chi connectivity index (χ1) is 15.5. The maximum atomic E-state index is 13.6. The van der Waals surface area contributed by atoms with Gasteiger partial charge in [0.1, 0.15) is 5.76 Å². The molecule has 6 nitrogen and oxygen atoms in total. The third-order valence-electron chi connectivity index (χ3n) is 5.47. The summed E-state index contributed by atoms with van der Waals surface area (Å²) < 4.78 is 16.2. The standard InChI is InChI=1S/C25H23NO5S/c1-15-7-5-9-19(16(15)2)26-24(27)22(17-10-11-20(29-3)21(13-17)30-4)23(25(26)28)32-14-18-8-6-12-31-18/h5-13H,14H2,1-4H3. The van der Waals surface area contributed by atoms with E-state index in [9.17, 15) is 9.59 Å². The van der Waals surface area contributed by atoms with Crippen molar-refractivity contribution >= 4 is 34.8 Å². The van der Waals surface area contributed by atoms with Crippen LogP contribution < -0.4 is 14.4 Å². The maximum absolute atomic E-state index is 13.6. The molecule has 1 aliphatic heterocycles. The molecule has 32 heavy (non-hydrogen) atoms. The van der Waals surface area contributed by atoms with Gasteiger partial charge < -0.3 is 13.9 Å². The molecule has 164 valence electrons. The van der Waals surface area contributed by atoms with Crippen LogP contribution >= 0.6 is 11.8 Å². The van der Waals surface area contributed by atoms with Crippen molar-refractivity contribution in [1.29, 1.82) is 0 Å². The molecule has 0 N–H and O–H groups in total. The molecule has 2 aromatic carbocycles. The molecule has 2 amide bonds. The van der Waals surface area contributed by atoms with Crippen molar-refractivity contribution in [2.45, 2.75) is 19.6 Å². The van der Waals surface area contributed by atoms with Gasteiger partial charge in [0.25, 0.3) is 11.8 Å². The molecule has 3 aromatic rings. The summed E-state index contributed by atoms with van der Waals surface area (Å²) in [6, 6.07) is 14.5. The molecule has 4 rings (SSSR count).